The third kappa shape index (κ3) is 4.95. The molecule has 1 aliphatic rings. The highest BCUT2D eigenvalue weighted by Gasteiger charge is 2.22. The summed E-state index contributed by atoms with van der Waals surface area (Å²) < 4.78 is 14.1. The number of carboxylic acid groups (broad SMARTS) is 1. The van der Waals surface area contributed by atoms with Crippen molar-refractivity contribution in [1.82, 2.24) is 0 Å². The normalized spacial score (nSPS) is 22.6. The maximum Gasteiger partial charge on any atom is 0.327 e. The third-order valence-corrected chi connectivity index (χ3v) is 4.91. The van der Waals surface area contributed by atoms with E-state index in [0.29, 0.717) is 16.3 Å². The largest absolute Gasteiger partial charge is 0.478 e. The fourth-order valence-electron chi connectivity index (χ4n) is 3.07. The summed E-state index contributed by atoms with van der Waals surface area (Å²) in [6.07, 6.45) is 9.30. The Kier molecular flexibility index (Phi) is 5.97. The number of aliphatic carboxylic acids is 1. The summed E-state index contributed by atoms with van der Waals surface area (Å²) in [7, 11) is 0. The number of carboxylic acids is 1. The smallest absolute Gasteiger partial charge is 0.327 e. The van der Waals surface area contributed by atoms with Crippen molar-refractivity contribution in [2.45, 2.75) is 44.4 Å². The minimum Gasteiger partial charge on any atom is -0.478 e. The second kappa shape index (κ2) is 7.74. The Bertz CT molecular complexity index is 520. The number of hydrogen-bond donors (Lipinski definition) is 1. The zero-order valence-corrected chi connectivity index (χ0v) is 13.5. The Morgan fingerprint density at radius 3 is 2.67 bits per heavy atom. The summed E-state index contributed by atoms with van der Waals surface area (Å²) >= 11 is 3.19. The molecule has 1 saturated carbocycles. The first-order valence-corrected chi connectivity index (χ1v) is 8.20. The molecule has 1 aromatic rings. The highest BCUT2D eigenvalue weighted by atomic mass is 79.9. The van der Waals surface area contributed by atoms with Gasteiger partial charge in [0.2, 0.25) is 0 Å². The van der Waals surface area contributed by atoms with Crippen LogP contribution in [0.15, 0.2) is 34.8 Å². The molecule has 21 heavy (non-hydrogen) atoms. The Morgan fingerprint density at radius 1 is 1.33 bits per heavy atom. The predicted octanol–water partition coefficient (Wildman–Crippen LogP) is 5.28. The maximum absolute atomic E-state index is 13.6. The van der Waals surface area contributed by atoms with E-state index in [1.54, 1.807) is 18.2 Å². The molecule has 2 nitrogen and oxygen atoms in total. The molecule has 0 bridgehead atoms. The highest BCUT2D eigenvalue weighted by Crippen LogP contribution is 2.38. The fourth-order valence-corrected chi connectivity index (χ4v) is 3.31. The van der Waals surface area contributed by atoms with E-state index >= 15 is 0 Å². The van der Waals surface area contributed by atoms with Crippen LogP contribution in [0.25, 0.3) is 0 Å². The standard InChI is InChI=1S/C17H20BrFO2/c18-15-10-9-14(11-16(15)19)13-7-5-12(6-8-13)3-1-2-4-17(20)21/h2,4,9-13H,1,3,5-8H2,(H,20,21)/b4-2+/t12-,13-. The van der Waals surface area contributed by atoms with E-state index in [2.05, 4.69) is 15.9 Å². The molecule has 1 fully saturated rings. The van der Waals surface area contributed by atoms with Crippen LogP contribution in [-0.2, 0) is 4.79 Å². The Morgan fingerprint density at radius 2 is 2.05 bits per heavy atom. The van der Waals surface area contributed by atoms with E-state index in [4.69, 9.17) is 5.11 Å². The van der Waals surface area contributed by atoms with Crippen LogP contribution in [0.1, 0.15) is 50.0 Å². The predicted molar refractivity (Wildman–Crippen MR) is 84.8 cm³/mol. The van der Waals surface area contributed by atoms with E-state index in [9.17, 15) is 9.18 Å². The van der Waals surface area contributed by atoms with Gasteiger partial charge in [0.15, 0.2) is 0 Å². The molecule has 0 saturated heterocycles. The molecule has 2 rings (SSSR count). The maximum atomic E-state index is 13.6. The molecule has 1 aromatic carbocycles. The van der Waals surface area contributed by atoms with Crippen LogP contribution in [0.4, 0.5) is 4.39 Å². The molecule has 0 heterocycles. The average Bonchev–Trinajstić information content (AvgIpc) is 2.47. The van der Waals surface area contributed by atoms with Crippen molar-refractivity contribution >= 4 is 21.9 Å². The summed E-state index contributed by atoms with van der Waals surface area (Å²) in [5.74, 6) is 0.0582. The zero-order valence-electron chi connectivity index (χ0n) is 11.9. The summed E-state index contributed by atoms with van der Waals surface area (Å²) in [5, 5.41) is 8.53. The van der Waals surface area contributed by atoms with Crippen LogP contribution < -0.4 is 0 Å². The van der Waals surface area contributed by atoms with Crippen molar-refractivity contribution in [2.75, 3.05) is 0 Å². The summed E-state index contributed by atoms with van der Waals surface area (Å²) in [4.78, 5) is 10.4. The first kappa shape index (κ1) is 16.2. The van der Waals surface area contributed by atoms with E-state index in [0.717, 1.165) is 44.1 Å². The Balaban J connectivity index is 1.80. The number of benzene rings is 1. The van der Waals surface area contributed by atoms with Gasteiger partial charge in [0.1, 0.15) is 5.82 Å². The molecule has 1 N–H and O–H groups in total. The lowest BCUT2D eigenvalue weighted by Gasteiger charge is -2.28. The van der Waals surface area contributed by atoms with Crippen LogP contribution in [0, 0.1) is 11.7 Å². The lowest BCUT2D eigenvalue weighted by Crippen LogP contribution is -2.13. The second-order valence-electron chi connectivity index (χ2n) is 5.71. The van der Waals surface area contributed by atoms with Gasteiger partial charge in [0.25, 0.3) is 0 Å². The molecule has 1 aliphatic carbocycles. The Labute approximate surface area is 133 Å². The van der Waals surface area contributed by atoms with Crippen molar-refractivity contribution in [3.63, 3.8) is 0 Å². The number of carbonyl (C=O) groups is 1. The van der Waals surface area contributed by atoms with Gasteiger partial charge >= 0.3 is 5.97 Å². The van der Waals surface area contributed by atoms with Crippen molar-refractivity contribution < 1.29 is 14.3 Å². The van der Waals surface area contributed by atoms with Crippen molar-refractivity contribution in [3.05, 3.63) is 46.2 Å². The fraction of sp³-hybridized carbons (Fsp3) is 0.471. The molecular formula is C17H20BrFO2. The van der Waals surface area contributed by atoms with E-state index in [1.807, 2.05) is 6.07 Å². The van der Waals surface area contributed by atoms with Crippen LogP contribution in [0.2, 0.25) is 0 Å². The SMILES string of the molecule is O=C(O)/C=C/CC[C@H]1CC[C@H](c2ccc(Br)c(F)c2)CC1. The minimum absolute atomic E-state index is 0.187. The van der Waals surface area contributed by atoms with Gasteiger partial charge in [-0.25, -0.2) is 9.18 Å². The first-order chi connectivity index (χ1) is 10.1. The van der Waals surface area contributed by atoms with Gasteiger partial charge in [-0.2, -0.15) is 0 Å². The van der Waals surface area contributed by atoms with Crippen LogP contribution in [0.5, 0.6) is 0 Å². The van der Waals surface area contributed by atoms with Crippen LogP contribution in [-0.4, -0.2) is 11.1 Å². The molecule has 0 atom stereocenters. The zero-order chi connectivity index (χ0) is 15.2. The van der Waals surface area contributed by atoms with Gasteiger partial charge in [-0.05, 0) is 84.0 Å². The number of rotatable bonds is 5. The average molecular weight is 355 g/mol. The van der Waals surface area contributed by atoms with E-state index in [-0.39, 0.29) is 5.82 Å². The van der Waals surface area contributed by atoms with Crippen LogP contribution in [0.3, 0.4) is 0 Å². The molecular weight excluding hydrogens is 335 g/mol. The third-order valence-electron chi connectivity index (χ3n) is 4.26. The lowest BCUT2D eigenvalue weighted by molar-refractivity contribution is -0.131. The molecule has 0 radical (unpaired) electrons. The van der Waals surface area contributed by atoms with Gasteiger partial charge in [-0.15, -0.1) is 0 Å². The summed E-state index contributed by atoms with van der Waals surface area (Å²) in [5.41, 5.74) is 1.10. The molecule has 0 amide bonds. The molecule has 0 aromatic heterocycles. The second-order valence-corrected chi connectivity index (χ2v) is 6.56. The van der Waals surface area contributed by atoms with Gasteiger partial charge < -0.3 is 5.11 Å². The molecule has 0 aliphatic heterocycles. The monoisotopic (exact) mass is 354 g/mol. The number of halogens is 2. The quantitative estimate of drug-likeness (QED) is 0.730. The molecule has 0 unspecified atom stereocenters. The highest BCUT2D eigenvalue weighted by molar-refractivity contribution is 9.10. The molecule has 4 heteroatoms. The van der Waals surface area contributed by atoms with E-state index in [1.165, 1.54) is 6.08 Å². The summed E-state index contributed by atoms with van der Waals surface area (Å²) in [6.45, 7) is 0. The Hall–Kier alpha value is -1.16. The summed E-state index contributed by atoms with van der Waals surface area (Å²) in [6, 6.07) is 5.44. The number of allylic oxidation sites excluding steroid dienone is 1. The van der Waals surface area contributed by atoms with Crippen molar-refractivity contribution in [2.24, 2.45) is 5.92 Å². The van der Waals surface area contributed by atoms with Gasteiger partial charge in [0, 0.05) is 6.08 Å². The van der Waals surface area contributed by atoms with Crippen LogP contribution >= 0.6 is 15.9 Å². The number of hydrogen-bond acceptors (Lipinski definition) is 1. The van der Waals surface area contributed by atoms with Gasteiger partial charge in [-0.1, -0.05) is 12.1 Å². The first-order valence-electron chi connectivity index (χ1n) is 7.40. The van der Waals surface area contributed by atoms with Gasteiger partial charge in [0.05, 0.1) is 4.47 Å². The topological polar surface area (TPSA) is 37.3 Å². The lowest BCUT2D eigenvalue weighted by atomic mass is 9.77. The van der Waals surface area contributed by atoms with Crippen molar-refractivity contribution in [1.29, 1.82) is 0 Å². The van der Waals surface area contributed by atoms with Crippen molar-refractivity contribution in [3.8, 4) is 0 Å². The van der Waals surface area contributed by atoms with Gasteiger partial charge in [-0.3, -0.25) is 0 Å². The molecule has 114 valence electrons. The minimum atomic E-state index is -0.879. The van der Waals surface area contributed by atoms with E-state index < -0.39 is 5.97 Å². The molecule has 0 spiro atoms.